The number of aromatic amines is 1. The monoisotopic (exact) mass is 248 g/mol. The molecule has 2 aromatic rings. The highest BCUT2D eigenvalue weighted by atomic mass is 19.1. The van der Waals surface area contributed by atoms with Gasteiger partial charge in [-0.25, -0.2) is 9.37 Å². The fourth-order valence-corrected chi connectivity index (χ4v) is 1.88. The Kier molecular flexibility index (Phi) is 3.50. The van der Waals surface area contributed by atoms with Crippen LogP contribution in [0.4, 0.5) is 16.0 Å². The van der Waals surface area contributed by atoms with Gasteiger partial charge in [-0.3, -0.25) is 0 Å². The largest absolute Gasteiger partial charge is 0.382 e. The molecule has 96 valence electrons. The van der Waals surface area contributed by atoms with Crippen molar-refractivity contribution in [2.24, 2.45) is 0 Å². The Bertz CT molecular complexity index is 518. The molecule has 0 fully saturated rings. The first-order valence-corrected chi connectivity index (χ1v) is 5.87. The summed E-state index contributed by atoms with van der Waals surface area (Å²) >= 11 is 0. The van der Waals surface area contributed by atoms with Crippen LogP contribution in [0.15, 0.2) is 24.3 Å². The summed E-state index contributed by atoms with van der Waals surface area (Å²) in [6, 6.07) is 6.67. The van der Waals surface area contributed by atoms with Gasteiger partial charge in [0.2, 0.25) is 0 Å². The summed E-state index contributed by atoms with van der Waals surface area (Å²) in [5, 5.41) is 3.23. The van der Waals surface area contributed by atoms with E-state index in [0.717, 1.165) is 17.8 Å². The molecular formula is C13H17FN4. The molecule has 0 saturated carbocycles. The summed E-state index contributed by atoms with van der Waals surface area (Å²) in [5.41, 5.74) is 6.84. The first-order chi connectivity index (χ1) is 8.54. The van der Waals surface area contributed by atoms with Crippen molar-refractivity contribution < 1.29 is 4.39 Å². The van der Waals surface area contributed by atoms with E-state index in [0.29, 0.717) is 11.6 Å². The van der Waals surface area contributed by atoms with Crippen molar-refractivity contribution in [2.75, 3.05) is 11.1 Å². The average Bonchev–Trinajstić information content (AvgIpc) is 2.61. The van der Waals surface area contributed by atoms with Gasteiger partial charge in [0.05, 0.1) is 0 Å². The maximum Gasteiger partial charge on any atom is 0.168 e. The lowest BCUT2D eigenvalue weighted by molar-refractivity contribution is 0.626. The van der Waals surface area contributed by atoms with Gasteiger partial charge in [-0.1, -0.05) is 12.1 Å². The third-order valence-corrected chi connectivity index (χ3v) is 2.69. The van der Waals surface area contributed by atoms with E-state index >= 15 is 0 Å². The summed E-state index contributed by atoms with van der Waals surface area (Å²) in [6.45, 7) is 3.89. The van der Waals surface area contributed by atoms with Crippen molar-refractivity contribution in [3.63, 3.8) is 0 Å². The second-order valence-electron chi connectivity index (χ2n) is 4.46. The van der Waals surface area contributed by atoms with Crippen LogP contribution in [0.25, 0.3) is 0 Å². The zero-order valence-electron chi connectivity index (χ0n) is 10.5. The number of nitrogens with one attached hydrogen (secondary N) is 2. The van der Waals surface area contributed by atoms with E-state index in [1.54, 1.807) is 12.1 Å². The van der Waals surface area contributed by atoms with Crippen molar-refractivity contribution in [3.05, 3.63) is 41.5 Å². The number of nitrogens with zero attached hydrogens (tertiary/aromatic N) is 1. The summed E-state index contributed by atoms with van der Waals surface area (Å²) in [7, 11) is 0. The zero-order valence-corrected chi connectivity index (χ0v) is 10.5. The van der Waals surface area contributed by atoms with E-state index in [2.05, 4.69) is 15.3 Å². The van der Waals surface area contributed by atoms with Crippen molar-refractivity contribution in [1.82, 2.24) is 9.97 Å². The number of imidazole rings is 1. The molecule has 1 aromatic carbocycles. The Morgan fingerprint density at radius 2 is 2.06 bits per heavy atom. The number of anilines is 2. The molecule has 0 aliphatic carbocycles. The first kappa shape index (κ1) is 12.4. The molecule has 0 aliphatic rings. The quantitative estimate of drug-likeness (QED) is 0.778. The van der Waals surface area contributed by atoms with Crippen molar-refractivity contribution in [2.45, 2.75) is 26.3 Å². The molecule has 0 spiro atoms. The Morgan fingerprint density at radius 3 is 2.61 bits per heavy atom. The van der Waals surface area contributed by atoms with Gasteiger partial charge in [0, 0.05) is 6.04 Å². The van der Waals surface area contributed by atoms with E-state index in [9.17, 15) is 4.39 Å². The Hall–Kier alpha value is -2.04. The normalized spacial score (nSPS) is 12.4. The molecule has 0 aliphatic heterocycles. The summed E-state index contributed by atoms with van der Waals surface area (Å²) in [5.74, 6) is 1.77. The number of benzene rings is 1. The molecule has 0 radical (unpaired) electrons. The van der Waals surface area contributed by atoms with Gasteiger partial charge in [0.15, 0.2) is 5.82 Å². The Morgan fingerprint density at radius 1 is 1.39 bits per heavy atom. The molecule has 4 N–H and O–H groups in total. The van der Waals surface area contributed by atoms with Gasteiger partial charge < -0.3 is 16.0 Å². The minimum absolute atomic E-state index is 0.167. The zero-order chi connectivity index (χ0) is 13.1. The van der Waals surface area contributed by atoms with Crippen molar-refractivity contribution in [3.8, 4) is 0 Å². The molecule has 18 heavy (non-hydrogen) atoms. The van der Waals surface area contributed by atoms with E-state index in [1.807, 2.05) is 13.8 Å². The van der Waals surface area contributed by atoms with Crippen LogP contribution in [0.5, 0.6) is 0 Å². The number of aromatic nitrogens is 2. The minimum Gasteiger partial charge on any atom is -0.382 e. The first-order valence-electron chi connectivity index (χ1n) is 5.87. The number of hydrogen-bond donors (Lipinski definition) is 3. The second-order valence-corrected chi connectivity index (χ2v) is 4.46. The molecule has 0 saturated heterocycles. The van der Waals surface area contributed by atoms with E-state index in [4.69, 9.17) is 5.73 Å². The van der Waals surface area contributed by atoms with Crippen LogP contribution in [0.3, 0.4) is 0 Å². The highest BCUT2D eigenvalue weighted by molar-refractivity contribution is 5.57. The smallest absolute Gasteiger partial charge is 0.168 e. The van der Waals surface area contributed by atoms with Crippen molar-refractivity contribution >= 4 is 11.6 Å². The van der Waals surface area contributed by atoms with Crippen LogP contribution in [-0.4, -0.2) is 16.0 Å². The van der Waals surface area contributed by atoms with Crippen LogP contribution < -0.4 is 11.1 Å². The molecule has 5 heteroatoms. The third-order valence-electron chi connectivity index (χ3n) is 2.69. The second kappa shape index (κ2) is 5.08. The Balaban J connectivity index is 1.98. The topological polar surface area (TPSA) is 66.7 Å². The van der Waals surface area contributed by atoms with Gasteiger partial charge in [-0.15, -0.1) is 0 Å². The van der Waals surface area contributed by atoms with E-state index < -0.39 is 0 Å². The summed E-state index contributed by atoms with van der Waals surface area (Å²) in [4.78, 5) is 7.19. The highest BCUT2D eigenvalue weighted by Gasteiger charge is 2.09. The molecule has 1 heterocycles. The van der Waals surface area contributed by atoms with Gasteiger partial charge in [0.25, 0.3) is 0 Å². The fourth-order valence-electron chi connectivity index (χ4n) is 1.88. The number of halogens is 1. The molecule has 0 amide bonds. The summed E-state index contributed by atoms with van der Waals surface area (Å²) in [6.07, 6.45) is 0.783. The molecule has 0 bridgehead atoms. The number of nitrogen functional groups attached to an aromatic ring is 1. The van der Waals surface area contributed by atoms with E-state index in [-0.39, 0.29) is 11.9 Å². The Labute approximate surface area is 105 Å². The lowest BCUT2D eigenvalue weighted by Gasteiger charge is -2.13. The number of aryl methyl sites for hydroxylation is 1. The molecule has 4 nitrogen and oxygen atoms in total. The predicted molar refractivity (Wildman–Crippen MR) is 70.9 cm³/mol. The minimum atomic E-state index is -0.216. The molecular weight excluding hydrogens is 231 g/mol. The lowest BCUT2D eigenvalue weighted by Crippen LogP contribution is -2.19. The molecule has 2 rings (SSSR count). The van der Waals surface area contributed by atoms with Crippen LogP contribution in [0.2, 0.25) is 0 Å². The predicted octanol–water partition coefficient (Wildman–Crippen LogP) is 2.48. The standard InChI is InChI=1S/C13H17FN4/c1-8(7-10-3-5-11(14)6-4-10)16-13-12(15)17-9(2)18-13/h3-6,8,16H,7,15H2,1-2H3,(H,17,18). The number of rotatable bonds is 4. The maximum absolute atomic E-state index is 12.8. The summed E-state index contributed by atoms with van der Waals surface area (Å²) < 4.78 is 12.8. The average molecular weight is 248 g/mol. The van der Waals surface area contributed by atoms with Gasteiger partial charge >= 0.3 is 0 Å². The third kappa shape index (κ3) is 3.00. The fraction of sp³-hybridized carbons (Fsp3) is 0.308. The van der Waals surface area contributed by atoms with Crippen LogP contribution >= 0.6 is 0 Å². The van der Waals surface area contributed by atoms with Gasteiger partial charge in [0.1, 0.15) is 17.5 Å². The van der Waals surface area contributed by atoms with Gasteiger partial charge in [-0.05, 0) is 38.0 Å². The lowest BCUT2D eigenvalue weighted by atomic mass is 10.1. The highest BCUT2D eigenvalue weighted by Crippen LogP contribution is 2.16. The van der Waals surface area contributed by atoms with Crippen LogP contribution in [0, 0.1) is 12.7 Å². The SMILES string of the molecule is Cc1nc(NC(C)Cc2ccc(F)cc2)c(N)[nH]1. The maximum atomic E-state index is 12.8. The molecule has 1 atom stereocenters. The number of nitrogens with two attached hydrogens (primary N) is 1. The number of H-pyrrole nitrogens is 1. The van der Waals surface area contributed by atoms with Crippen molar-refractivity contribution in [1.29, 1.82) is 0 Å². The van der Waals surface area contributed by atoms with E-state index in [1.165, 1.54) is 12.1 Å². The van der Waals surface area contributed by atoms with Gasteiger partial charge in [-0.2, -0.15) is 0 Å². The van der Waals surface area contributed by atoms with Crippen LogP contribution in [-0.2, 0) is 6.42 Å². The number of hydrogen-bond acceptors (Lipinski definition) is 3. The molecule has 1 aromatic heterocycles. The van der Waals surface area contributed by atoms with Crippen LogP contribution in [0.1, 0.15) is 18.3 Å². The molecule has 1 unspecified atom stereocenters.